The zero-order chi connectivity index (χ0) is 17.9. The summed E-state index contributed by atoms with van der Waals surface area (Å²) in [5.74, 6) is -0.267. The Morgan fingerprint density at radius 1 is 1.27 bits per heavy atom. The van der Waals surface area contributed by atoms with Crippen LogP contribution in [0.3, 0.4) is 0 Å². The van der Waals surface area contributed by atoms with E-state index in [2.05, 4.69) is 25.9 Å². The van der Waals surface area contributed by atoms with Crippen LogP contribution in [0.15, 0.2) is 36.5 Å². The summed E-state index contributed by atoms with van der Waals surface area (Å²) in [4.78, 5) is 17.9. The number of thiazole rings is 1. The molecule has 1 saturated heterocycles. The molecule has 0 unspecified atom stereocenters. The van der Waals surface area contributed by atoms with Crippen molar-refractivity contribution in [2.45, 2.75) is 25.8 Å². The van der Waals surface area contributed by atoms with Crippen LogP contribution < -0.4 is 10.6 Å². The molecule has 1 aliphatic rings. The quantitative estimate of drug-likeness (QED) is 0.740. The van der Waals surface area contributed by atoms with Gasteiger partial charge < -0.3 is 5.32 Å². The van der Waals surface area contributed by atoms with Gasteiger partial charge in [-0.15, -0.1) is 5.10 Å². The van der Waals surface area contributed by atoms with Crippen LogP contribution in [0.4, 0.5) is 5.13 Å². The first-order chi connectivity index (χ1) is 12.7. The predicted octanol–water partition coefficient (Wildman–Crippen LogP) is 2.89. The molecule has 26 heavy (non-hydrogen) atoms. The van der Waals surface area contributed by atoms with E-state index in [1.54, 1.807) is 6.20 Å². The zero-order valence-electron chi connectivity index (χ0n) is 14.5. The van der Waals surface area contributed by atoms with Crippen molar-refractivity contribution in [1.82, 2.24) is 25.3 Å². The molecular formula is C18H20N6OS. The van der Waals surface area contributed by atoms with Crippen LogP contribution in [-0.2, 0) is 0 Å². The van der Waals surface area contributed by atoms with Gasteiger partial charge >= 0.3 is 0 Å². The van der Waals surface area contributed by atoms with E-state index in [4.69, 9.17) is 0 Å². The molecule has 0 aliphatic carbocycles. The third kappa shape index (κ3) is 3.38. The maximum absolute atomic E-state index is 12.6. The van der Waals surface area contributed by atoms with Crippen LogP contribution in [0.5, 0.6) is 0 Å². The van der Waals surface area contributed by atoms with Crippen LogP contribution in [0.2, 0.25) is 0 Å². The molecule has 3 aromatic rings. The summed E-state index contributed by atoms with van der Waals surface area (Å²) in [6.07, 6.45) is 3.77. The van der Waals surface area contributed by atoms with Crippen molar-refractivity contribution in [2.75, 3.05) is 18.4 Å². The number of piperidine rings is 1. The second-order valence-corrected chi connectivity index (χ2v) is 7.33. The molecule has 1 aliphatic heterocycles. The van der Waals surface area contributed by atoms with Gasteiger partial charge in [-0.1, -0.05) is 46.9 Å². The van der Waals surface area contributed by atoms with Gasteiger partial charge in [0.1, 0.15) is 0 Å². The van der Waals surface area contributed by atoms with Crippen LogP contribution in [0.1, 0.15) is 35.1 Å². The molecule has 1 fully saturated rings. The van der Waals surface area contributed by atoms with Crippen molar-refractivity contribution in [3.8, 4) is 10.4 Å². The van der Waals surface area contributed by atoms with Gasteiger partial charge in [0.25, 0.3) is 5.91 Å². The van der Waals surface area contributed by atoms with E-state index in [0.717, 1.165) is 42.1 Å². The Hall–Kier alpha value is -2.58. The van der Waals surface area contributed by atoms with Gasteiger partial charge in [0.2, 0.25) is 0 Å². The standard InChI is InChI=1S/C18H20N6OS/c1-12-16(22-23-24(12)14-7-9-19-10-8-14)17(25)21-18-20-11-15(26-18)13-5-3-2-4-6-13/h2-6,11,14,19H,7-10H2,1H3,(H,20,21,25). The molecule has 2 N–H and O–H groups in total. The van der Waals surface area contributed by atoms with Gasteiger partial charge in [0.05, 0.1) is 16.6 Å². The maximum atomic E-state index is 12.6. The number of hydrogen-bond acceptors (Lipinski definition) is 6. The Labute approximate surface area is 155 Å². The summed E-state index contributed by atoms with van der Waals surface area (Å²) in [5.41, 5.74) is 2.24. The third-order valence-electron chi connectivity index (χ3n) is 4.58. The van der Waals surface area contributed by atoms with Gasteiger partial charge in [-0.3, -0.25) is 10.1 Å². The van der Waals surface area contributed by atoms with E-state index < -0.39 is 0 Å². The highest BCUT2D eigenvalue weighted by Gasteiger charge is 2.23. The van der Waals surface area contributed by atoms with Gasteiger partial charge in [-0.25, -0.2) is 9.67 Å². The second-order valence-electron chi connectivity index (χ2n) is 6.30. The zero-order valence-corrected chi connectivity index (χ0v) is 15.3. The number of carbonyl (C=O) groups is 1. The number of aromatic nitrogens is 4. The highest BCUT2D eigenvalue weighted by molar-refractivity contribution is 7.19. The first-order valence-corrected chi connectivity index (χ1v) is 9.49. The van der Waals surface area contributed by atoms with E-state index in [9.17, 15) is 4.79 Å². The SMILES string of the molecule is Cc1c(C(=O)Nc2ncc(-c3ccccc3)s2)nnn1C1CCNCC1. The molecule has 1 aromatic carbocycles. The maximum Gasteiger partial charge on any atom is 0.279 e. The predicted molar refractivity (Wildman–Crippen MR) is 101 cm³/mol. The Balaban J connectivity index is 1.49. The van der Waals surface area contributed by atoms with Crippen molar-refractivity contribution in [1.29, 1.82) is 0 Å². The summed E-state index contributed by atoms with van der Waals surface area (Å²) in [5, 5.41) is 15.1. The molecule has 8 heteroatoms. The van der Waals surface area contributed by atoms with Gasteiger partial charge in [0.15, 0.2) is 10.8 Å². The highest BCUT2D eigenvalue weighted by atomic mass is 32.1. The minimum Gasteiger partial charge on any atom is -0.317 e. The fraction of sp³-hybridized carbons (Fsp3) is 0.333. The normalized spacial score (nSPS) is 15.1. The van der Waals surface area contributed by atoms with Gasteiger partial charge in [-0.2, -0.15) is 0 Å². The fourth-order valence-electron chi connectivity index (χ4n) is 3.17. The molecule has 4 rings (SSSR count). The third-order valence-corrected chi connectivity index (χ3v) is 5.54. The first-order valence-electron chi connectivity index (χ1n) is 8.67. The molecule has 0 atom stereocenters. The fourth-order valence-corrected chi connectivity index (χ4v) is 3.99. The average molecular weight is 368 g/mol. The van der Waals surface area contributed by atoms with Crippen molar-refractivity contribution >= 4 is 22.4 Å². The number of rotatable bonds is 4. The average Bonchev–Trinajstić information content (AvgIpc) is 3.30. The Kier molecular flexibility index (Phi) is 4.77. The lowest BCUT2D eigenvalue weighted by Gasteiger charge is -2.23. The molecule has 0 spiro atoms. The summed E-state index contributed by atoms with van der Waals surface area (Å²) in [6.45, 7) is 3.83. The lowest BCUT2D eigenvalue weighted by Crippen LogP contribution is -2.30. The number of anilines is 1. The van der Waals surface area contributed by atoms with Crippen molar-refractivity contribution in [2.24, 2.45) is 0 Å². The Morgan fingerprint density at radius 2 is 2.04 bits per heavy atom. The molecule has 2 aromatic heterocycles. The molecule has 0 bridgehead atoms. The lowest BCUT2D eigenvalue weighted by atomic mass is 10.1. The number of nitrogens with zero attached hydrogens (tertiary/aromatic N) is 4. The largest absolute Gasteiger partial charge is 0.317 e. The molecule has 0 radical (unpaired) electrons. The van der Waals surface area contributed by atoms with Crippen molar-refractivity contribution < 1.29 is 4.79 Å². The summed E-state index contributed by atoms with van der Waals surface area (Å²) in [7, 11) is 0. The van der Waals surface area contributed by atoms with Crippen LogP contribution in [0.25, 0.3) is 10.4 Å². The topological polar surface area (TPSA) is 84.7 Å². The molecular weight excluding hydrogens is 348 g/mol. The number of carbonyl (C=O) groups excluding carboxylic acids is 1. The van der Waals surface area contributed by atoms with Crippen molar-refractivity contribution in [3.05, 3.63) is 47.9 Å². The molecule has 134 valence electrons. The smallest absolute Gasteiger partial charge is 0.279 e. The van der Waals surface area contributed by atoms with E-state index >= 15 is 0 Å². The van der Waals surface area contributed by atoms with E-state index in [0.29, 0.717) is 16.9 Å². The number of nitrogens with one attached hydrogen (secondary N) is 2. The molecule has 0 saturated carbocycles. The number of hydrogen-bond donors (Lipinski definition) is 2. The first kappa shape index (κ1) is 16.9. The summed E-state index contributed by atoms with van der Waals surface area (Å²) in [6, 6.07) is 10.3. The molecule has 3 heterocycles. The monoisotopic (exact) mass is 368 g/mol. The molecule has 1 amide bonds. The van der Waals surface area contributed by atoms with Crippen LogP contribution in [-0.4, -0.2) is 39.0 Å². The van der Waals surface area contributed by atoms with E-state index in [-0.39, 0.29) is 5.91 Å². The number of benzene rings is 1. The lowest BCUT2D eigenvalue weighted by molar-refractivity contribution is 0.102. The molecule has 7 nitrogen and oxygen atoms in total. The Morgan fingerprint density at radius 3 is 2.81 bits per heavy atom. The van der Waals surface area contributed by atoms with Crippen LogP contribution in [0, 0.1) is 6.92 Å². The van der Waals surface area contributed by atoms with Crippen molar-refractivity contribution in [3.63, 3.8) is 0 Å². The highest BCUT2D eigenvalue weighted by Crippen LogP contribution is 2.29. The minimum atomic E-state index is -0.267. The van der Waals surface area contributed by atoms with E-state index in [1.165, 1.54) is 11.3 Å². The van der Waals surface area contributed by atoms with E-state index in [1.807, 2.05) is 41.9 Å². The second kappa shape index (κ2) is 7.35. The summed E-state index contributed by atoms with van der Waals surface area (Å²) >= 11 is 1.44. The Bertz CT molecular complexity index is 898. The summed E-state index contributed by atoms with van der Waals surface area (Å²) < 4.78 is 1.88. The minimum absolute atomic E-state index is 0.267. The van der Waals surface area contributed by atoms with Gasteiger partial charge in [0, 0.05) is 6.20 Å². The van der Waals surface area contributed by atoms with Crippen LogP contribution >= 0.6 is 11.3 Å². The van der Waals surface area contributed by atoms with Gasteiger partial charge in [-0.05, 0) is 38.4 Å². The number of amides is 1.